The molecule has 6 aromatic carbocycles. The van der Waals surface area contributed by atoms with Gasteiger partial charge in [0.25, 0.3) is 0 Å². The van der Waals surface area contributed by atoms with Gasteiger partial charge in [0.05, 0.1) is 30.9 Å². The summed E-state index contributed by atoms with van der Waals surface area (Å²) >= 11 is 0. The third-order valence-electron chi connectivity index (χ3n) is 13.7. The number of ether oxygens (including phenoxy) is 5. The summed E-state index contributed by atoms with van der Waals surface area (Å²) in [4.78, 5) is 25.1. The van der Waals surface area contributed by atoms with Crippen molar-refractivity contribution < 1.29 is 50.8 Å². The van der Waals surface area contributed by atoms with Gasteiger partial charge in [-0.2, -0.15) is 0 Å². The van der Waals surface area contributed by atoms with Gasteiger partial charge in [0.15, 0.2) is 34.7 Å². The van der Waals surface area contributed by atoms with Crippen LogP contribution in [0.25, 0.3) is 22.3 Å². The van der Waals surface area contributed by atoms with E-state index < -0.39 is 29.4 Å². The molecule has 79 heavy (non-hydrogen) atoms. The second kappa shape index (κ2) is 36.5. The molecule has 0 amide bonds. The Bertz CT molecular complexity index is 2710. The van der Waals surface area contributed by atoms with E-state index in [-0.39, 0.29) is 34.6 Å². The zero-order chi connectivity index (χ0) is 56.5. The Morgan fingerprint density at radius 1 is 0.342 bits per heavy atom. The molecule has 7 nitrogen and oxygen atoms in total. The van der Waals surface area contributed by atoms with Crippen molar-refractivity contribution >= 4 is 11.9 Å². The van der Waals surface area contributed by atoms with Crippen molar-refractivity contribution in [1.82, 2.24) is 0 Å². The molecule has 0 radical (unpaired) electrons. The fourth-order valence-electron chi connectivity index (χ4n) is 9.07. The van der Waals surface area contributed by atoms with Crippen molar-refractivity contribution in [2.75, 3.05) is 19.8 Å². The Labute approximate surface area is 468 Å². The smallest absolute Gasteiger partial charge is 0.343 e. The van der Waals surface area contributed by atoms with Crippen LogP contribution < -0.4 is 23.7 Å². The van der Waals surface area contributed by atoms with Crippen LogP contribution in [-0.2, 0) is 6.42 Å². The Morgan fingerprint density at radius 3 is 1.08 bits per heavy atom. The molecule has 0 fully saturated rings. The molecule has 6 rings (SSSR count). The summed E-state index contributed by atoms with van der Waals surface area (Å²) in [6, 6.07) is 31.8. The fraction of sp³-hybridized carbons (Fsp3) is 0.441. The van der Waals surface area contributed by atoms with Crippen molar-refractivity contribution in [2.24, 2.45) is 0 Å². The number of carbonyl (C=O) groups excluding carboxylic acids is 2. The largest absolute Gasteiger partial charge is 0.491 e. The monoisotopic (exact) mass is 1090 g/mol. The molecule has 0 atom stereocenters. The van der Waals surface area contributed by atoms with Crippen LogP contribution in [0.2, 0.25) is 0 Å². The first-order valence-electron chi connectivity index (χ1n) is 29.2. The lowest BCUT2D eigenvalue weighted by molar-refractivity contribution is 0.0724. The summed E-state index contributed by atoms with van der Waals surface area (Å²) in [5, 5.41) is 0. The first-order valence-corrected chi connectivity index (χ1v) is 29.2. The topological polar surface area (TPSA) is 80.3 Å². The number of rotatable bonds is 35. The highest BCUT2D eigenvalue weighted by molar-refractivity contribution is 5.92. The molecule has 0 aliphatic rings. The summed E-state index contributed by atoms with van der Waals surface area (Å²) < 4.78 is 85.0. The number of hydrogen-bond donors (Lipinski definition) is 0. The van der Waals surface area contributed by atoms with E-state index in [1.54, 1.807) is 85.8 Å². The summed E-state index contributed by atoms with van der Waals surface area (Å²) in [6.45, 7) is 9.71. The van der Waals surface area contributed by atoms with Gasteiger partial charge in [0, 0.05) is 12.1 Å². The van der Waals surface area contributed by atoms with Gasteiger partial charge in [0.1, 0.15) is 17.3 Å². The summed E-state index contributed by atoms with van der Waals surface area (Å²) in [6.07, 6.45) is 26.9. The van der Waals surface area contributed by atoms with Crippen LogP contribution in [-0.4, -0.2) is 31.8 Å². The average molecular weight is 1090 g/mol. The third kappa shape index (κ3) is 22.9. The van der Waals surface area contributed by atoms with E-state index in [9.17, 15) is 27.2 Å². The van der Waals surface area contributed by atoms with Crippen molar-refractivity contribution in [3.05, 3.63) is 161 Å². The summed E-state index contributed by atoms with van der Waals surface area (Å²) in [5.74, 6) is -2.10. The molecule has 6 aromatic rings. The first-order chi connectivity index (χ1) is 38.5. The molecule has 0 unspecified atom stereocenters. The van der Waals surface area contributed by atoms with Crippen LogP contribution in [0.1, 0.15) is 195 Å². The summed E-state index contributed by atoms with van der Waals surface area (Å²) in [5.41, 5.74) is 4.16. The maximum absolute atomic E-state index is 14.7. The average Bonchev–Trinajstić information content (AvgIpc) is 3.46. The standard InChI is InChI=1S/C39H52F2O3.C29H32F2O4/c1-3-5-7-9-11-12-13-14-15-17-19-32-24-26-35(30-36(32)40)44-39(42)33-22-20-31(21-23-33)34-25-27-38(37(41)29-34)43-28-18-16-10-8-6-4-2;1-3-5-6-7-8-9-18-34-28-16-14-23(19-25(28)30)21-10-12-22(13-11-21)29(32)35-24-15-17-27(33-4-2)26(31)20-24/h20-27,29-30H,3-19,28H2,1-2H3;10-17,19-20H,3-9,18H2,1-2H3. The van der Waals surface area contributed by atoms with Crippen LogP contribution in [0.4, 0.5) is 17.6 Å². The second-order valence-corrected chi connectivity index (χ2v) is 20.2. The lowest BCUT2D eigenvalue weighted by atomic mass is 10.0. The highest BCUT2D eigenvalue weighted by Gasteiger charge is 2.15. The van der Waals surface area contributed by atoms with Crippen LogP contribution in [0.15, 0.2) is 121 Å². The maximum Gasteiger partial charge on any atom is 0.343 e. The van der Waals surface area contributed by atoms with Gasteiger partial charge in [-0.25, -0.2) is 27.2 Å². The van der Waals surface area contributed by atoms with Crippen molar-refractivity contribution in [3.63, 3.8) is 0 Å². The van der Waals surface area contributed by atoms with E-state index in [1.165, 1.54) is 133 Å². The maximum atomic E-state index is 14.7. The van der Waals surface area contributed by atoms with Crippen molar-refractivity contribution in [2.45, 2.75) is 175 Å². The van der Waals surface area contributed by atoms with Gasteiger partial charge in [-0.05, 0) is 127 Å². The molecule has 0 aliphatic carbocycles. The zero-order valence-electron chi connectivity index (χ0n) is 47.3. The molecular weight excluding hydrogens is 1000 g/mol. The predicted molar refractivity (Wildman–Crippen MR) is 311 cm³/mol. The minimum Gasteiger partial charge on any atom is -0.491 e. The van der Waals surface area contributed by atoms with E-state index >= 15 is 0 Å². The van der Waals surface area contributed by atoms with Crippen molar-refractivity contribution in [3.8, 4) is 51.0 Å². The molecule has 0 saturated heterocycles. The van der Waals surface area contributed by atoms with Gasteiger partial charge in [-0.3, -0.25) is 0 Å². The Hall–Kier alpha value is -6.62. The number of aryl methyl sites for hydroxylation is 1. The molecule has 11 heteroatoms. The van der Waals surface area contributed by atoms with E-state index in [2.05, 4.69) is 20.8 Å². The van der Waals surface area contributed by atoms with Crippen LogP contribution in [0, 0.1) is 23.3 Å². The van der Waals surface area contributed by atoms with Gasteiger partial charge >= 0.3 is 11.9 Å². The van der Waals surface area contributed by atoms with E-state index in [0.717, 1.165) is 55.7 Å². The molecule has 0 aromatic heterocycles. The first kappa shape index (κ1) is 63.2. The summed E-state index contributed by atoms with van der Waals surface area (Å²) in [7, 11) is 0. The Kier molecular flexibility index (Phi) is 29.2. The molecular formula is C68H84F4O7. The molecule has 0 N–H and O–H groups in total. The van der Waals surface area contributed by atoms with Crippen molar-refractivity contribution in [1.29, 1.82) is 0 Å². The SMILES string of the molecule is CCCCCCCCCCCCc1ccc(OC(=O)c2ccc(-c3ccc(OCCCCCCCC)c(F)c3)cc2)cc1F.CCCCCCCCOc1ccc(-c2ccc(C(=O)Oc3ccc(OCC)c(F)c3)cc2)cc1F. The number of halogens is 4. The quantitative estimate of drug-likeness (QED) is 0.0170. The van der Waals surface area contributed by atoms with E-state index in [1.807, 2.05) is 6.07 Å². The van der Waals surface area contributed by atoms with Gasteiger partial charge < -0.3 is 23.7 Å². The zero-order valence-corrected chi connectivity index (χ0v) is 47.3. The normalized spacial score (nSPS) is 10.9. The molecule has 0 heterocycles. The van der Waals surface area contributed by atoms with Crippen LogP contribution >= 0.6 is 0 Å². The Balaban J connectivity index is 0.000000298. The lowest BCUT2D eigenvalue weighted by Gasteiger charge is -2.10. The van der Waals surface area contributed by atoms with E-state index in [0.29, 0.717) is 54.1 Å². The third-order valence-corrected chi connectivity index (χ3v) is 13.7. The lowest BCUT2D eigenvalue weighted by Crippen LogP contribution is -2.08. The minimum atomic E-state index is -0.621. The number of hydrogen-bond acceptors (Lipinski definition) is 7. The second-order valence-electron chi connectivity index (χ2n) is 20.2. The highest BCUT2D eigenvalue weighted by Crippen LogP contribution is 2.30. The number of unbranched alkanes of at least 4 members (excludes halogenated alkanes) is 19. The van der Waals surface area contributed by atoms with E-state index in [4.69, 9.17) is 23.7 Å². The highest BCUT2D eigenvalue weighted by atomic mass is 19.1. The molecule has 0 saturated carbocycles. The number of benzene rings is 6. The van der Waals surface area contributed by atoms with Gasteiger partial charge in [-0.15, -0.1) is 0 Å². The molecule has 0 aliphatic heterocycles. The van der Waals surface area contributed by atoms with Crippen LogP contribution in [0.3, 0.4) is 0 Å². The van der Waals surface area contributed by atoms with Gasteiger partial charge in [0.2, 0.25) is 0 Å². The Morgan fingerprint density at radius 2 is 0.684 bits per heavy atom. The molecule has 426 valence electrons. The number of esters is 2. The molecule has 0 spiro atoms. The predicted octanol–water partition coefficient (Wildman–Crippen LogP) is 20.0. The molecule has 0 bridgehead atoms. The minimum absolute atomic E-state index is 0.0821. The number of carbonyl (C=O) groups is 2. The van der Waals surface area contributed by atoms with Gasteiger partial charge in [-0.1, -0.05) is 185 Å². The van der Waals surface area contributed by atoms with Crippen LogP contribution in [0.5, 0.6) is 28.7 Å². The fourth-order valence-corrected chi connectivity index (χ4v) is 9.07.